The van der Waals surface area contributed by atoms with E-state index in [4.69, 9.17) is 4.74 Å². The first-order valence-corrected chi connectivity index (χ1v) is 7.34. The highest BCUT2D eigenvalue weighted by Crippen LogP contribution is 2.34. The molecule has 1 nitrogen and oxygen atoms in total. The van der Waals surface area contributed by atoms with E-state index in [1.807, 2.05) is 0 Å². The van der Waals surface area contributed by atoms with E-state index in [-0.39, 0.29) is 5.41 Å². The minimum absolute atomic E-state index is 0.254. The second-order valence-electron chi connectivity index (χ2n) is 6.39. The Morgan fingerprint density at radius 3 is 2.65 bits per heavy atom. The van der Waals surface area contributed by atoms with Crippen LogP contribution in [-0.2, 0) is 4.74 Å². The van der Waals surface area contributed by atoms with Crippen molar-refractivity contribution in [1.82, 2.24) is 0 Å². The summed E-state index contributed by atoms with van der Waals surface area (Å²) in [6.07, 6.45) is 12.9. The van der Waals surface area contributed by atoms with Gasteiger partial charge in [-0.15, -0.1) is 0 Å². The third-order valence-corrected chi connectivity index (χ3v) is 3.58. The Morgan fingerprint density at radius 1 is 1.24 bits per heavy atom. The van der Waals surface area contributed by atoms with Gasteiger partial charge in [-0.05, 0) is 24.7 Å². The van der Waals surface area contributed by atoms with Crippen LogP contribution in [0.3, 0.4) is 0 Å². The Kier molecular flexibility index (Phi) is 6.26. The van der Waals surface area contributed by atoms with Crippen molar-refractivity contribution in [1.29, 1.82) is 0 Å². The summed E-state index contributed by atoms with van der Waals surface area (Å²) in [6.45, 7) is 10.1. The molecule has 0 aromatic carbocycles. The van der Waals surface area contributed by atoms with Crippen LogP contribution < -0.4 is 0 Å². The van der Waals surface area contributed by atoms with Crippen LogP contribution >= 0.6 is 0 Å². The van der Waals surface area contributed by atoms with Gasteiger partial charge < -0.3 is 4.74 Å². The van der Waals surface area contributed by atoms with E-state index in [0.29, 0.717) is 12.0 Å². The van der Waals surface area contributed by atoms with Crippen LogP contribution in [0.1, 0.15) is 66.2 Å². The number of hydrogen-bond donors (Lipinski definition) is 0. The van der Waals surface area contributed by atoms with Gasteiger partial charge in [0.2, 0.25) is 0 Å². The van der Waals surface area contributed by atoms with Crippen molar-refractivity contribution >= 4 is 0 Å². The molecule has 2 atom stereocenters. The lowest BCUT2D eigenvalue weighted by Gasteiger charge is -2.34. The van der Waals surface area contributed by atoms with Crippen LogP contribution in [0.5, 0.6) is 0 Å². The molecule has 1 fully saturated rings. The SMILES string of the molecule is CCCC/C=C/[C@H]1CCCCO[C@@H]1C(C)(C)C. The van der Waals surface area contributed by atoms with Crippen molar-refractivity contribution in [3.8, 4) is 0 Å². The number of ether oxygens (including phenoxy) is 1. The third-order valence-electron chi connectivity index (χ3n) is 3.58. The van der Waals surface area contributed by atoms with Crippen molar-refractivity contribution in [3.05, 3.63) is 12.2 Å². The van der Waals surface area contributed by atoms with Crippen molar-refractivity contribution in [2.45, 2.75) is 72.3 Å². The molecule has 0 radical (unpaired) electrons. The summed E-state index contributed by atoms with van der Waals surface area (Å²) in [4.78, 5) is 0. The van der Waals surface area contributed by atoms with E-state index in [1.165, 1.54) is 38.5 Å². The van der Waals surface area contributed by atoms with E-state index in [0.717, 1.165) is 6.61 Å². The van der Waals surface area contributed by atoms with E-state index in [1.54, 1.807) is 0 Å². The molecule has 0 spiro atoms. The highest BCUT2D eigenvalue weighted by Gasteiger charge is 2.32. The molecule has 0 saturated carbocycles. The molecular weight excluding hydrogens is 208 g/mol. The summed E-state index contributed by atoms with van der Waals surface area (Å²) in [5, 5.41) is 0. The Labute approximate surface area is 108 Å². The standard InChI is InChI=1S/C16H30O/c1-5-6-7-8-11-14-12-9-10-13-17-15(14)16(2,3)4/h8,11,14-15H,5-7,9-10,12-13H2,1-4H3/b11-8+/t14-,15-/m0/s1. The fourth-order valence-corrected chi connectivity index (χ4v) is 2.65. The smallest absolute Gasteiger partial charge is 0.0685 e. The molecule has 1 aliphatic rings. The van der Waals surface area contributed by atoms with Crippen LogP contribution in [0.4, 0.5) is 0 Å². The maximum Gasteiger partial charge on any atom is 0.0685 e. The summed E-state index contributed by atoms with van der Waals surface area (Å²) in [7, 11) is 0. The van der Waals surface area contributed by atoms with E-state index in [2.05, 4.69) is 39.8 Å². The Bertz CT molecular complexity index is 224. The lowest BCUT2D eigenvalue weighted by atomic mass is 9.79. The minimum atomic E-state index is 0.254. The summed E-state index contributed by atoms with van der Waals surface area (Å²) in [5.41, 5.74) is 0.254. The fraction of sp³-hybridized carbons (Fsp3) is 0.875. The van der Waals surface area contributed by atoms with Gasteiger partial charge >= 0.3 is 0 Å². The predicted molar refractivity (Wildman–Crippen MR) is 75.2 cm³/mol. The summed E-state index contributed by atoms with van der Waals surface area (Å²) >= 11 is 0. The van der Waals surface area contributed by atoms with Crippen molar-refractivity contribution in [3.63, 3.8) is 0 Å². The van der Waals surface area contributed by atoms with Gasteiger partial charge in [0.05, 0.1) is 6.10 Å². The largest absolute Gasteiger partial charge is 0.377 e. The second-order valence-corrected chi connectivity index (χ2v) is 6.39. The molecule has 1 rings (SSSR count). The lowest BCUT2D eigenvalue weighted by molar-refractivity contribution is -0.0336. The quantitative estimate of drug-likeness (QED) is 0.496. The monoisotopic (exact) mass is 238 g/mol. The van der Waals surface area contributed by atoms with E-state index < -0.39 is 0 Å². The molecular formula is C16H30O. The van der Waals surface area contributed by atoms with Crippen molar-refractivity contribution in [2.75, 3.05) is 6.61 Å². The molecule has 0 amide bonds. The molecule has 17 heavy (non-hydrogen) atoms. The number of allylic oxidation sites excluding steroid dienone is 1. The van der Waals surface area contributed by atoms with Gasteiger partial charge in [-0.1, -0.05) is 59.1 Å². The molecule has 0 aliphatic carbocycles. The first kappa shape index (κ1) is 14.8. The van der Waals surface area contributed by atoms with Crippen LogP contribution in [-0.4, -0.2) is 12.7 Å². The topological polar surface area (TPSA) is 9.23 Å². The predicted octanol–water partition coefficient (Wildman–Crippen LogP) is 4.96. The highest BCUT2D eigenvalue weighted by molar-refractivity contribution is 4.96. The molecule has 0 N–H and O–H groups in total. The maximum atomic E-state index is 6.09. The third kappa shape index (κ3) is 5.25. The molecule has 0 aromatic rings. The van der Waals surface area contributed by atoms with E-state index in [9.17, 15) is 0 Å². The van der Waals surface area contributed by atoms with Gasteiger partial charge in [0, 0.05) is 12.5 Å². The molecule has 0 bridgehead atoms. The lowest BCUT2D eigenvalue weighted by Crippen LogP contribution is -2.34. The summed E-state index contributed by atoms with van der Waals surface area (Å²) in [5.74, 6) is 0.620. The van der Waals surface area contributed by atoms with Crippen LogP contribution in [0, 0.1) is 11.3 Å². The summed E-state index contributed by atoms with van der Waals surface area (Å²) in [6, 6.07) is 0. The number of unbranched alkanes of at least 4 members (excludes halogenated alkanes) is 2. The normalized spacial score (nSPS) is 27.3. The average Bonchev–Trinajstić information content (AvgIpc) is 2.49. The van der Waals surface area contributed by atoms with Gasteiger partial charge in [-0.2, -0.15) is 0 Å². The zero-order chi connectivity index (χ0) is 12.7. The minimum Gasteiger partial charge on any atom is -0.377 e. The van der Waals surface area contributed by atoms with Gasteiger partial charge in [0.15, 0.2) is 0 Å². The maximum absolute atomic E-state index is 6.09. The van der Waals surface area contributed by atoms with Gasteiger partial charge in [0.1, 0.15) is 0 Å². The Morgan fingerprint density at radius 2 is 2.00 bits per heavy atom. The number of hydrogen-bond acceptors (Lipinski definition) is 1. The Hall–Kier alpha value is -0.300. The van der Waals surface area contributed by atoms with Gasteiger partial charge in [0.25, 0.3) is 0 Å². The molecule has 0 unspecified atom stereocenters. The Balaban J connectivity index is 2.59. The first-order chi connectivity index (χ1) is 8.05. The highest BCUT2D eigenvalue weighted by atomic mass is 16.5. The summed E-state index contributed by atoms with van der Waals surface area (Å²) < 4.78 is 6.09. The fourth-order valence-electron chi connectivity index (χ4n) is 2.65. The number of rotatable bonds is 4. The first-order valence-electron chi connectivity index (χ1n) is 7.34. The average molecular weight is 238 g/mol. The van der Waals surface area contributed by atoms with Gasteiger partial charge in [-0.25, -0.2) is 0 Å². The molecule has 0 aromatic heterocycles. The molecule has 1 heterocycles. The van der Waals surface area contributed by atoms with Crippen LogP contribution in [0.15, 0.2) is 12.2 Å². The van der Waals surface area contributed by atoms with Gasteiger partial charge in [-0.3, -0.25) is 0 Å². The molecule has 100 valence electrons. The van der Waals surface area contributed by atoms with Crippen LogP contribution in [0.25, 0.3) is 0 Å². The molecule has 1 aliphatic heterocycles. The zero-order valence-corrected chi connectivity index (χ0v) is 12.2. The van der Waals surface area contributed by atoms with Crippen molar-refractivity contribution in [2.24, 2.45) is 11.3 Å². The zero-order valence-electron chi connectivity index (χ0n) is 12.2. The van der Waals surface area contributed by atoms with Crippen molar-refractivity contribution < 1.29 is 4.74 Å². The van der Waals surface area contributed by atoms with E-state index >= 15 is 0 Å². The second kappa shape index (κ2) is 7.20. The molecule has 1 heteroatoms. The van der Waals surface area contributed by atoms with Crippen LogP contribution in [0.2, 0.25) is 0 Å². The molecule has 1 saturated heterocycles.